The minimum absolute atomic E-state index is 0.0391. The fraction of sp³-hybridized carbons (Fsp3) is 0.353. The Morgan fingerprint density at radius 3 is 2.49 bits per heavy atom. The van der Waals surface area contributed by atoms with Gasteiger partial charge in [0.2, 0.25) is 5.91 Å². The number of carbonyl (C=O) groups excluding carboxylic acids is 4. The fourth-order valence-corrected chi connectivity index (χ4v) is 6.86. The van der Waals surface area contributed by atoms with Crippen LogP contribution in [-0.2, 0) is 38.9 Å². The van der Waals surface area contributed by atoms with Gasteiger partial charge < -0.3 is 30.9 Å². The third-order valence-corrected chi connectivity index (χ3v) is 10.2. The second kappa shape index (κ2) is 13.5. The number of benzene rings is 3. The van der Waals surface area contributed by atoms with Crippen molar-refractivity contribution in [1.29, 1.82) is 0 Å². The highest BCUT2D eigenvalue weighted by atomic mass is 32.2. The van der Waals surface area contributed by atoms with Crippen LogP contribution in [0.25, 0.3) is 0 Å². The van der Waals surface area contributed by atoms with Crippen LogP contribution in [0.3, 0.4) is 0 Å². The van der Waals surface area contributed by atoms with Crippen LogP contribution in [0.4, 0.5) is 11.4 Å². The van der Waals surface area contributed by atoms with E-state index in [4.69, 9.17) is 10.5 Å². The molecular formula is C34H37N5O7S. The van der Waals surface area contributed by atoms with Gasteiger partial charge in [0.1, 0.15) is 5.75 Å². The van der Waals surface area contributed by atoms with Crippen molar-refractivity contribution in [2.24, 2.45) is 5.73 Å². The van der Waals surface area contributed by atoms with E-state index in [0.29, 0.717) is 54.3 Å². The van der Waals surface area contributed by atoms with Crippen LogP contribution < -0.4 is 21.1 Å². The van der Waals surface area contributed by atoms with Gasteiger partial charge in [-0.3, -0.25) is 19.2 Å². The molecule has 246 valence electrons. The molecule has 1 aliphatic carbocycles. The van der Waals surface area contributed by atoms with E-state index in [9.17, 15) is 27.6 Å². The number of anilines is 2. The first kappa shape index (κ1) is 32.2. The van der Waals surface area contributed by atoms with E-state index in [1.165, 1.54) is 0 Å². The molecule has 0 spiro atoms. The SMILES string of the molecule is NCCS(=O)(=O)CCC(=O)N1CCc2cc(NC(=O)c3ccc(CN(C(=O)c4ccc5c(c4)OCC(=O)N5)C4CC4)cc3)ccc2C1. The Labute approximate surface area is 273 Å². The Bertz CT molecular complexity index is 1820. The molecule has 2 aliphatic heterocycles. The first-order valence-electron chi connectivity index (χ1n) is 15.7. The maximum absolute atomic E-state index is 13.5. The van der Waals surface area contributed by atoms with Crippen LogP contribution in [0.5, 0.6) is 5.75 Å². The molecule has 4 N–H and O–H groups in total. The highest BCUT2D eigenvalue weighted by Gasteiger charge is 2.34. The molecule has 3 aromatic carbocycles. The van der Waals surface area contributed by atoms with Crippen LogP contribution in [0, 0.1) is 0 Å². The molecule has 12 nitrogen and oxygen atoms in total. The average molecular weight is 660 g/mol. The zero-order valence-corrected chi connectivity index (χ0v) is 26.7. The van der Waals surface area contributed by atoms with Crippen LogP contribution in [0.15, 0.2) is 60.7 Å². The number of fused-ring (bicyclic) bond motifs is 2. The molecule has 1 saturated carbocycles. The number of sulfone groups is 1. The number of nitrogens with two attached hydrogens (primary N) is 1. The summed E-state index contributed by atoms with van der Waals surface area (Å²) in [6, 6.07) is 18.0. The predicted molar refractivity (Wildman–Crippen MR) is 176 cm³/mol. The maximum atomic E-state index is 13.5. The lowest BCUT2D eigenvalue weighted by Crippen LogP contribution is -2.37. The van der Waals surface area contributed by atoms with Crippen LogP contribution >= 0.6 is 0 Å². The maximum Gasteiger partial charge on any atom is 0.262 e. The van der Waals surface area contributed by atoms with Crippen molar-refractivity contribution >= 4 is 44.8 Å². The highest BCUT2D eigenvalue weighted by molar-refractivity contribution is 7.91. The van der Waals surface area contributed by atoms with Gasteiger partial charge in [0, 0.05) is 55.5 Å². The quantitative estimate of drug-likeness (QED) is 0.282. The first-order chi connectivity index (χ1) is 22.6. The number of hydrogen-bond acceptors (Lipinski definition) is 8. The van der Waals surface area contributed by atoms with Gasteiger partial charge in [-0.2, -0.15) is 0 Å². The topological polar surface area (TPSA) is 168 Å². The molecular weight excluding hydrogens is 622 g/mol. The minimum Gasteiger partial charge on any atom is -0.482 e. The van der Waals surface area contributed by atoms with Gasteiger partial charge >= 0.3 is 0 Å². The molecule has 2 heterocycles. The van der Waals surface area contributed by atoms with E-state index in [-0.39, 0.29) is 60.7 Å². The third-order valence-electron chi connectivity index (χ3n) is 8.56. The summed E-state index contributed by atoms with van der Waals surface area (Å²) in [6.45, 7) is 1.21. The fourth-order valence-electron chi connectivity index (χ4n) is 5.81. The second-order valence-electron chi connectivity index (χ2n) is 12.1. The van der Waals surface area contributed by atoms with Crippen LogP contribution in [0.2, 0.25) is 0 Å². The molecule has 0 unspecified atom stereocenters. The molecule has 0 radical (unpaired) electrons. The summed E-state index contributed by atoms with van der Waals surface area (Å²) in [7, 11) is -3.33. The summed E-state index contributed by atoms with van der Waals surface area (Å²) in [5.74, 6) is -0.673. The zero-order chi connectivity index (χ0) is 33.1. The minimum atomic E-state index is -3.33. The van der Waals surface area contributed by atoms with Crippen molar-refractivity contribution in [3.8, 4) is 5.75 Å². The number of amides is 4. The molecule has 3 aromatic rings. The van der Waals surface area contributed by atoms with E-state index in [1.807, 2.05) is 29.2 Å². The zero-order valence-electron chi connectivity index (χ0n) is 25.9. The molecule has 0 aromatic heterocycles. The lowest BCUT2D eigenvalue weighted by Gasteiger charge is -2.29. The Kier molecular flexibility index (Phi) is 9.28. The van der Waals surface area contributed by atoms with Gasteiger partial charge in [0.05, 0.1) is 17.2 Å². The number of hydrogen-bond donors (Lipinski definition) is 3. The van der Waals surface area contributed by atoms with E-state index < -0.39 is 9.84 Å². The van der Waals surface area contributed by atoms with Crippen LogP contribution in [0.1, 0.15) is 56.7 Å². The highest BCUT2D eigenvalue weighted by Crippen LogP contribution is 2.33. The Balaban J connectivity index is 1.04. The molecule has 4 amide bonds. The number of nitrogens with one attached hydrogen (secondary N) is 2. The van der Waals surface area contributed by atoms with E-state index in [1.54, 1.807) is 41.3 Å². The van der Waals surface area contributed by atoms with Gasteiger partial charge in [-0.1, -0.05) is 18.2 Å². The van der Waals surface area contributed by atoms with Crippen molar-refractivity contribution in [1.82, 2.24) is 9.80 Å². The van der Waals surface area contributed by atoms with Gasteiger partial charge in [-0.15, -0.1) is 0 Å². The summed E-state index contributed by atoms with van der Waals surface area (Å²) in [5.41, 5.74) is 10.4. The standard InChI is InChI=1S/C34H37N5O7S/c35-13-16-47(44,45)15-12-32(41)38-14-11-24-17-27(7-5-26(24)20-38)36-33(42)23-3-1-22(2-4-23)19-39(28-8-9-28)34(43)25-6-10-29-30(18-25)46-21-31(40)37-29/h1-7,10,17-18,28H,8-9,11-16,19-21,35H2,(H,36,42)(H,37,40). The number of rotatable bonds is 11. The van der Waals surface area contributed by atoms with Gasteiger partial charge in [0.25, 0.3) is 17.7 Å². The number of carbonyl (C=O) groups is 4. The molecule has 3 aliphatic rings. The molecule has 47 heavy (non-hydrogen) atoms. The largest absolute Gasteiger partial charge is 0.482 e. The van der Waals surface area contributed by atoms with E-state index in [2.05, 4.69) is 10.6 Å². The summed E-state index contributed by atoms with van der Waals surface area (Å²) >= 11 is 0. The normalized spacial score (nSPS) is 15.5. The summed E-state index contributed by atoms with van der Waals surface area (Å²) in [4.78, 5) is 54.3. The van der Waals surface area contributed by atoms with Crippen LogP contribution in [-0.4, -0.2) is 79.1 Å². The number of ether oxygens (including phenoxy) is 1. The molecule has 13 heteroatoms. The average Bonchev–Trinajstić information content (AvgIpc) is 3.91. The second-order valence-corrected chi connectivity index (χ2v) is 14.4. The Morgan fingerprint density at radius 2 is 1.74 bits per heavy atom. The summed E-state index contributed by atoms with van der Waals surface area (Å²) in [6.07, 6.45) is 2.39. The molecule has 1 fully saturated rings. The number of nitrogens with zero attached hydrogens (tertiary/aromatic N) is 2. The summed E-state index contributed by atoms with van der Waals surface area (Å²) < 4.78 is 29.4. The molecule has 0 bridgehead atoms. The van der Waals surface area contributed by atoms with Crippen molar-refractivity contribution in [2.75, 3.05) is 41.8 Å². The van der Waals surface area contributed by atoms with Crippen molar-refractivity contribution in [2.45, 2.75) is 44.8 Å². The Hall–Kier alpha value is -4.75. The van der Waals surface area contributed by atoms with Crippen molar-refractivity contribution in [3.05, 3.63) is 88.5 Å². The summed E-state index contributed by atoms with van der Waals surface area (Å²) in [5, 5.41) is 5.68. The first-order valence-corrected chi connectivity index (χ1v) is 17.5. The lowest BCUT2D eigenvalue weighted by atomic mass is 9.98. The van der Waals surface area contributed by atoms with Crippen molar-refractivity contribution < 1.29 is 32.3 Å². The van der Waals surface area contributed by atoms with E-state index in [0.717, 1.165) is 29.5 Å². The smallest absolute Gasteiger partial charge is 0.262 e. The van der Waals surface area contributed by atoms with Gasteiger partial charge in [-0.05, 0) is 78.4 Å². The lowest BCUT2D eigenvalue weighted by molar-refractivity contribution is -0.131. The molecule has 6 rings (SSSR count). The van der Waals surface area contributed by atoms with Gasteiger partial charge in [0.15, 0.2) is 16.4 Å². The Morgan fingerprint density at radius 1 is 0.979 bits per heavy atom. The molecule has 0 atom stereocenters. The predicted octanol–water partition coefficient (Wildman–Crippen LogP) is 2.72. The van der Waals surface area contributed by atoms with E-state index >= 15 is 0 Å². The van der Waals surface area contributed by atoms with Gasteiger partial charge in [-0.25, -0.2) is 8.42 Å². The monoisotopic (exact) mass is 659 g/mol. The molecule has 0 saturated heterocycles. The van der Waals surface area contributed by atoms with Crippen molar-refractivity contribution in [3.63, 3.8) is 0 Å². The third kappa shape index (κ3) is 7.80.